The summed E-state index contributed by atoms with van der Waals surface area (Å²) in [5.41, 5.74) is 0.513. The number of ether oxygens (including phenoxy) is 2. The molecule has 1 amide bonds. The third kappa shape index (κ3) is 4.41. The van der Waals surface area contributed by atoms with Crippen molar-refractivity contribution in [1.82, 2.24) is 10.2 Å². The number of rotatable bonds is 6. The monoisotopic (exact) mass is 399 g/mol. The summed E-state index contributed by atoms with van der Waals surface area (Å²) < 4.78 is 16.7. The highest BCUT2D eigenvalue weighted by Gasteiger charge is 2.16. The number of anilines is 1. The first kappa shape index (κ1) is 17.5. The van der Waals surface area contributed by atoms with Crippen molar-refractivity contribution in [1.29, 1.82) is 0 Å². The maximum absolute atomic E-state index is 11.9. The summed E-state index contributed by atoms with van der Waals surface area (Å²) in [5, 5.41) is 10.0. The normalized spacial score (nSPS) is 10.5. The van der Waals surface area contributed by atoms with Gasteiger partial charge in [0, 0.05) is 0 Å². The van der Waals surface area contributed by atoms with Gasteiger partial charge >= 0.3 is 6.01 Å². The van der Waals surface area contributed by atoms with Crippen LogP contribution in [0.25, 0.3) is 11.5 Å². The largest absolute Gasteiger partial charge is 0.497 e. The number of thiophene rings is 1. The smallest absolute Gasteiger partial charge is 0.322 e. The summed E-state index contributed by atoms with van der Waals surface area (Å²) in [6.45, 7) is -0.213. The molecule has 2 aromatic heterocycles. The van der Waals surface area contributed by atoms with Crippen molar-refractivity contribution in [3.63, 3.8) is 0 Å². The average molecular weight is 400 g/mol. The lowest BCUT2D eigenvalue weighted by molar-refractivity contribution is -0.118. The van der Waals surface area contributed by atoms with Crippen LogP contribution in [-0.4, -0.2) is 29.8 Å². The molecule has 0 aliphatic carbocycles. The zero-order chi connectivity index (χ0) is 17.8. The lowest BCUT2D eigenvalue weighted by Crippen LogP contribution is -2.20. The van der Waals surface area contributed by atoms with Gasteiger partial charge in [-0.15, -0.1) is 16.4 Å². The van der Waals surface area contributed by atoms with Gasteiger partial charge in [0.2, 0.25) is 0 Å². The van der Waals surface area contributed by atoms with Gasteiger partial charge in [0.05, 0.1) is 17.0 Å². The topological polar surface area (TPSA) is 86.5 Å². The first-order valence-corrected chi connectivity index (χ1v) is 8.48. The van der Waals surface area contributed by atoms with Gasteiger partial charge in [-0.2, -0.15) is 0 Å². The van der Waals surface area contributed by atoms with E-state index in [1.165, 1.54) is 11.3 Å². The van der Waals surface area contributed by atoms with Gasteiger partial charge in [0.15, 0.2) is 6.61 Å². The molecular weight excluding hydrogens is 389 g/mol. The number of methoxy groups -OCH3 is 1. The van der Waals surface area contributed by atoms with E-state index in [4.69, 9.17) is 37.1 Å². The first-order chi connectivity index (χ1) is 12.0. The van der Waals surface area contributed by atoms with Crippen molar-refractivity contribution in [3.05, 3.63) is 39.0 Å². The molecular formula is C15H11Cl2N3O4S. The molecule has 130 valence electrons. The number of hydrogen-bond donors (Lipinski definition) is 1. The lowest BCUT2D eigenvalue weighted by atomic mass is 10.3. The van der Waals surface area contributed by atoms with Gasteiger partial charge in [-0.3, -0.25) is 10.1 Å². The maximum Gasteiger partial charge on any atom is 0.322 e. The third-order valence-corrected chi connectivity index (χ3v) is 4.48. The van der Waals surface area contributed by atoms with E-state index in [2.05, 4.69) is 15.5 Å². The molecule has 7 nitrogen and oxygen atoms in total. The van der Waals surface area contributed by atoms with E-state index in [1.807, 2.05) is 0 Å². The minimum Gasteiger partial charge on any atom is -0.497 e. The highest BCUT2D eigenvalue weighted by atomic mass is 35.5. The van der Waals surface area contributed by atoms with Crippen LogP contribution in [0.4, 0.5) is 6.01 Å². The van der Waals surface area contributed by atoms with E-state index in [0.717, 1.165) is 0 Å². The second kappa shape index (κ2) is 7.73. The molecule has 0 fully saturated rings. The second-order valence-electron chi connectivity index (χ2n) is 4.66. The standard InChI is InChI=1S/C15H11Cl2N3O4S/c1-22-8-2-4-9(5-3-8)23-7-12(21)18-15-20-19-14(24-15)10-6-11(16)25-13(10)17/h2-6H,7H2,1H3,(H,18,20,21). The van der Waals surface area contributed by atoms with E-state index < -0.39 is 5.91 Å². The van der Waals surface area contributed by atoms with Gasteiger partial charge in [-0.1, -0.05) is 28.3 Å². The van der Waals surface area contributed by atoms with Gasteiger partial charge in [-0.25, -0.2) is 0 Å². The Hall–Kier alpha value is -2.29. The van der Waals surface area contributed by atoms with Crippen LogP contribution in [0.5, 0.6) is 11.5 Å². The summed E-state index contributed by atoms with van der Waals surface area (Å²) in [7, 11) is 1.57. The number of halogens is 2. The predicted octanol–water partition coefficient (Wildman–Crippen LogP) is 4.13. The Balaban J connectivity index is 1.57. The summed E-state index contributed by atoms with van der Waals surface area (Å²) in [4.78, 5) is 11.9. The van der Waals surface area contributed by atoms with Crippen LogP contribution in [0, 0.1) is 0 Å². The Kier molecular flexibility index (Phi) is 5.42. The van der Waals surface area contributed by atoms with Crippen LogP contribution >= 0.6 is 34.5 Å². The number of hydrogen-bond acceptors (Lipinski definition) is 7. The van der Waals surface area contributed by atoms with E-state index in [0.29, 0.717) is 25.7 Å². The number of nitrogens with one attached hydrogen (secondary N) is 1. The van der Waals surface area contributed by atoms with Crippen LogP contribution in [0.1, 0.15) is 0 Å². The Morgan fingerprint density at radius 3 is 2.60 bits per heavy atom. The molecule has 3 rings (SSSR count). The Morgan fingerprint density at radius 1 is 1.24 bits per heavy atom. The van der Waals surface area contributed by atoms with Gasteiger partial charge in [0.25, 0.3) is 11.8 Å². The van der Waals surface area contributed by atoms with Gasteiger partial charge < -0.3 is 13.9 Å². The number of nitrogens with zero attached hydrogens (tertiary/aromatic N) is 2. The van der Waals surface area contributed by atoms with Crippen molar-refractivity contribution in [2.24, 2.45) is 0 Å². The molecule has 1 N–H and O–H groups in total. The number of benzene rings is 1. The molecule has 10 heteroatoms. The summed E-state index contributed by atoms with van der Waals surface area (Å²) in [5.74, 6) is 0.948. The predicted molar refractivity (Wildman–Crippen MR) is 94.7 cm³/mol. The molecule has 0 aliphatic heterocycles. The maximum atomic E-state index is 11.9. The molecule has 3 aromatic rings. The SMILES string of the molecule is COc1ccc(OCC(=O)Nc2nnc(-c3cc(Cl)sc3Cl)o2)cc1. The molecule has 0 saturated heterocycles. The van der Waals surface area contributed by atoms with Crippen LogP contribution in [0.15, 0.2) is 34.7 Å². The fourth-order valence-corrected chi connectivity index (χ4v) is 3.29. The molecule has 0 atom stereocenters. The summed E-state index contributed by atoms with van der Waals surface area (Å²) in [6, 6.07) is 8.40. The summed E-state index contributed by atoms with van der Waals surface area (Å²) in [6.07, 6.45) is 0. The number of carbonyl (C=O) groups excluding carboxylic acids is 1. The summed E-state index contributed by atoms with van der Waals surface area (Å²) >= 11 is 13.1. The van der Waals surface area contributed by atoms with Crippen molar-refractivity contribution < 1.29 is 18.7 Å². The van der Waals surface area contributed by atoms with Crippen LogP contribution in [0.3, 0.4) is 0 Å². The molecule has 0 bridgehead atoms. The minimum absolute atomic E-state index is 0.0586. The van der Waals surface area contributed by atoms with Crippen molar-refractivity contribution >= 4 is 46.5 Å². The molecule has 25 heavy (non-hydrogen) atoms. The van der Waals surface area contributed by atoms with Crippen molar-refractivity contribution in [2.75, 3.05) is 19.0 Å². The molecule has 0 unspecified atom stereocenters. The van der Waals surface area contributed by atoms with E-state index >= 15 is 0 Å². The Labute approximate surface area is 156 Å². The minimum atomic E-state index is -0.444. The molecule has 0 radical (unpaired) electrons. The lowest BCUT2D eigenvalue weighted by Gasteiger charge is -2.06. The van der Waals surface area contributed by atoms with Gasteiger partial charge in [0.1, 0.15) is 15.8 Å². The number of carbonyl (C=O) groups is 1. The zero-order valence-corrected chi connectivity index (χ0v) is 15.1. The van der Waals surface area contributed by atoms with Crippen LogP contribution < -0.4 is 14.8 Å². The quantitative estimate of drug-likeness (QED) is 0.670. The van der Waals surface area contributed by atoms with Gasteiger partial charge in [-0.05, 0) is 30.3 Å². The fourth-order valence-electron chi connectivity index (χ4n) is 1.84. The fraction of sp³-hybridized carbons (Fsp3) is 0.133. The zero-order valence-electron chi connectivity index (χ0n) is 12.8. The van der Waals surface area contributed by atoms with Crippen molar-refractivity contribution in [2.45, 2.75) is 0 Å². The van der Waals surface area contributed by atoms with E-state index in [-0.39, 0.29) is 18.5 Å². The second-order valence-corrected chi connectivity index (χ2v) is 6.95. The van der Waals surface area contributed by atoms with Crippen LogP contribution in [-0.2, 0) is 4.79 Å². The average Bonchev–Trinajstić information content (AvgIpc) is 3.19. The molecule has 1 aromatic carbocycles. The van der Waals surface area contributed by atoms with Crippen LogP contribution in [0.2, 0.25) is 8.67 Å². The molecule has 0 saturated carbocycles. The van der Waals surface area contributed by atoms with E-state index in [1.54, 1.807) is 37.4 Å². The Bertz CT molecular complexity index is 879. The number of amides is 1. The third-order valence-electron chi connectivity index (χ3n) is 2.99. The highest BCUT2D eigenvalue weighted by molar-refractivity contribution is 7.20. The molecule has 2 heterocycles. The van der Waals surface area contributed by atoms with Crippen molar-refractivity contribution in [3.8, 4) is 23.0 Å². The highest BCUT2D eigenvalue weighted by Crippen LogP contribution is 2.37. The van der Waals surface area contributed by atoms with E-state index in [9.17, 15) is 4.79 Å². The Morgan fingerprint density at radius 2 is 1.96 bits per heavy atom. The number of aromatic nitrogens is 2. The molecule has 0 spiro atoms. The first-order valence-electron chi connectivity index (χ1n) is 6.90. The molecule has 0 aliphatic rings.